The van der Waals surface area contributed by atoms with Gasteiger partial charge in [-0.2, -0.15) is 0 Å². The Morgan fingerprint density at radius 3 is 1.33 bits per heavy atom. The fourth-order valence-corrected chi connectivity index (χ4v) is 3.49. The van der Waals surface area contributed by atoms with Crippen molar-refractivity contribution in [3.05, 3.63) is 36.4 Å². The van der Waals surface area contributed by atoms with Crippen LogP contribution < -0.4 is 24.3 Å². The van der Waals surface area contributed by atoms with Gasteiger partial charge in [-0.3, -0.25) is 0 Å². The number of hydrogen-bond acceptors (Lipinski definition) is 6. The van der Waals surface area contributed by atoms with Crippen molar-refractivity contribution >= 4 is 34.0 Å². The average Bonchev–Trinajstić information content (AvgIpc) is 2.77. The van der Waals surface area contributed by atoms with Crippen molar-refractivity contribution < 1.29 is 18.9 Å². The number of likely N-dealkylation sites (N-methyl/N-ethyl adjacent to an activating group) is 1. The van der Waals surface area contributed by atoms with E-state index in [0.29, 0.717) is 11.5 Å². The van der Waals surface area contributed by atoms with Gasteiger partial charge in [-0.05, 0) is 52.9 Å². The van der Waals surface area contributed by atoms with E-state index in [4.69, 9.17) is 18.9 Å². The quantitative estimate of drug-likeness (QED) is 0.627. The number of fused-ring (bicyclic) bond motifs is 3. The maximum absolute atomic E-state index is 5.41. The van der Waals surface area contributed by atoms with Gasteiger partial charge in [0.2, 0.25) is 0 Å². The van der Waals surface area contributed by atoms with Gasteiger partial charge in [-0.15, -0.1) is 12.4 Å². The van der Waals surface area contributed by atoms with Crippen LogP contribution in [0.2, 0.25) is 0 Å². The lowest BCUT2D eigenvalue weighted by molar-refractivity contribution is 0.291. The van der Waals surface area contributed by atoms with E-state index in [0.717, 1.165) is 46.1 Å². The summed E-state index contributed by atoms with van der Waals surface area (Å²) in [6, 6.07) is 12.1. The lowest BCUT2D eigenvalue weighted by Crippen LogP contribution is -2.40. The lowest BCUT2D eigenvalue weighted by Gasteiger charge is -2.21. The van der Waals surface area contributed by atoms with E-state index in [1.54, 1.807) is 28.4 Å². The minimum Gasteiger partial charge on any atom is -0.493 e. The van der Waals surface area contributed by atoms with Crippen LogP contribution in [0.4, 0.5) is 0 Å². The van der Waals surface area contributed by atoms with Gasteiger partial charge in [0.05, 0.1) is 28.4 Å². The molecule has 1 aliphatic heterocycles. The Hall–Kier alpha value is -2.41. The fraction of sp³-hybridized carbons (Fsp3) is 0.391. The zero-order chi connectivity index (χ0) is 20.8. The minimum absolute atomic E-state index is 0. The summed E-state index contributed by atoms with van der Waals surface area (Å²) in [5.74, 6) is 2.85. The van der Waals surface area contributed by atoms with Crippen LogP contribution in [0.1, 0.15) is 0 Å². The number of methoxy groups -OCH3 is 4. The Labute approximate surface area is 184 Å². The van der Waals surface area contributed by atoms with E-state index in [2.05, 4.69) is 29.4 Å². The van der Waals surface area contributed by atoms with Gasteiger partial charge in [0.1, 0.15) is 0 Å². The number of halogens is 1. The highest BCUT2D eigenvalue weighted by Crippen LogP contribution is 2.39. The van der Waals surface area contributed by atoms with Crippen LogP contribution in [-0.2, 0) is 0 Å². The van der Waals surface area contributed by atoms with E-state index >= 15 is 0 Å². The molecule has 1 N–H and O–H groups in total. The second-order valence-electron chi connectivity index (χ2n) is 6.98. The molecule has 6 nitrogen and oxygen atoms in total. The first kappa shape index (κ1) is 23.9. The Morgan fingerprint density at radius 1 is 0.667 bits per heavy atom. The normalized spacial score (nSPS) is 13.8. The molecular formula is C23H31ClN2O4. The van der Waals surface area contributed by atoms with Crippen molar-refractivity contribution in [2.75, 3.05) is 61.7 Å². The van der Waals surface area contributed by atoms with Gasteiger partial charge in [0, 0.05) is 26.2 Å². The molecule has 1 saturated heterocycles. The van der Waals surface area contributed by atoms with E-state index in [9.17, 15) is 0 Å². The minimum atomic E-state index is 0. The smallest absolute Gasteiger partial charge is 0.161 e. The van der Waals surface area contributed by atoms with Crippen molar-refractivity contribution in [1.29, 1.82) is 0 Å². The summed E-state index contributed by atoms with van der Waals surface area (Å²) in [5.41, 5.74) is 0. The molecule has 0 spiro atoms. The first-order valence-electron chi connectivity index (χ1n) is 9.71. The molecule has 30 heavy (non-hydrogen) atoms. The second kappa shape index (κ2) is 11.1. The molecule has 0 aromatic heterocycles. The Kier molecular flexibility index (Phi) is 8.84. The van der Waals surface area contributed by atoms with Crippen LogP contribution >= 0.6 is 12.4 Å². The summed E-state index contributed by atoms with van der Waals surface area (Å²) in [5, 5.41) is 7.59. The third kappa shape index (κ3) is 5.19. The van der Waals surface area contributed by atoms with Crippen LogP contribution in [0.5, 0.6) is 23.0 Å². The van der Waals surface area contributed by atoms with E-state index in [1.807, 2.05) is 24.3 Å². The average molecular weight is 435 g/mol. The van der Waals surface area contributed by atoms with Crippen LogP contribution in [0.25, 0.3) is 21.5 Å². The first-order valence-corrected chi connectivity index (χ1v) is 9.71. The molecule has 0 saturated carbocycles. The molecule has 0 atom stereocenters. The molecule has 0 aliphatic carbocycles. The van der Waals surface area contributed by atoms with Crippen molar-refractivity contribution in [3.63, 3.8) is 0 Å². The molecule has 0 unspecified atom stereocenters. The van der Waals surface area contributed by atoms with Gasteiger partial charge < -0.3 is 29.2 Å². The molecule has 0 amide bonds. The second-order valence-corrected chi connectivity index (χ2v) is 6.98. The third-order valence-corrected chi connectivity index (χ3v) is 5.18. The maximum Gasteiger partial charge on any atom is 0.161 e. The van der Waals surface area contributed by atoms with Gasteiger partial charge >= 0.3 is 0 Å². The van der Waals surface area contributed by atoms with Gasteiger partial charge in [-0.1, -0.05) is 12.1 Å². The molecule has 0 radical (unpaired) electrons. The number of benzene rings is 3. The molecule has 7 heteroatoms. The molecule has 1 heterocycles. The molecule has 1 aliphatic rings. The molecule has 3 aromatic carbocycles. The van der Waals surface area contributed by atoms with Crippen molar-refractivity contribution in [3.8, 4) is 23.0 Å². The van der Waals surface area contributed by atoms with E-state index < -0.39 is 0 Å². The lowest BCUT2D eigenvalue weighted by atomic mass is 10.0. The van der Waals surface area contributed by atoms with Crippen molar-refractivity contribution in [1.82, 2.24) is 10.2 Å². The highest BCUT2D eigenvalue weighted by Gasteiger charge is 2.12. The number of nitrogens with one attached hydrogen (secondary N) is 1. The Bertz CT molecular complexity index is 904. The predicted molar refractivity (Wildman–Crippen MR) is 125 cm³/mol. The summed E-state index contributed by atoms with van der Waals surface area (Å²) in [6.07, 6.45) is 0. The number of nitrogens with zero attached hydrogens (tertiary/aromatic N) is 1. The summed E-state index contributed by atoms with van der Waals surface area (Å²) in [6.45, 7) is 4.74. The van der Waals surface area contributed by atoms with Crippen molar-refractivity contribution in [2.45, 2.75) is 0 Å². The number of hydrogen-bond donors (Lipinski definition) is 1. The summed E-state index contributed by atoms with van der Waals surface area (Å²) in [4.78, 5) is 2.33. The van der Waals surface area contributed by atoms with Crippen LogP contribution in [-0.4, -0.2) is 66.6 Å². The largest absolute Gasteiger partial charge is 0.493 e. The molecule has 0 bridgehead atoms. The zero-order valence-electron chi connectivity index (χ0n) is 18.3. The number of piperazine rings is 1. The number of ether oxygens (including phenoxy) is 4. The van der Waals surface area contributed by atoms with Crippen LogP contribution in [0.3, 0.4) is 0 Å². The predicted octanol–water partition coefficient (Wildman–Crippen LogP) is 3.97. The summed E-state index contributed by atoms with van der Waals surface area (Å²) in [7, 11) is 8.70. The molecule has 1 fully saturated rings. The van der Waals surface area contributed by atoms with Gasteiger partial charge in [0.15, 0.2) is 23.0 Å². The van der Waals surface area contributed by atoms with Gasteiger partial charge in [-0.25, -0.2) is 0 Å². The molecule has 164 valence electrons. The highest BCUT2D eigenvalue weighted by atomic mass is 35.5. The monoisotopic (exact) mass is 434 g/mol. The standard InChI is InChI=1S/C18H18O4.C5H12N2.ClH/c1-19-15-7-11-5-6-12-8-16(20-2)18(22-4)10-14(12)13(11)9-17(15)21-3;1-7-4-2-6-3-5-7;/h5-10H,1-4H3;6H,2-5H2,1H3;1H. The zero-order valence-corrected chi connectivity index (χ0v) is 19.1. The highest BCUT2D eigenvalue weighted by molar-refractivity contribution is 6.09. The first-order chi connectivity index (χ1) is 14.1. The van der Waals surface area contributed by atoms with Crippen LogP contribution in [0.15, 0.2) is 36.4 Å². The van der Waals surface area contributed by atoms with Gasteiger partial charge in [0.25, 0.3) is 0 Å². The maximum atomic E-state index is 5.41. The van der Waals surface area contributed by atoms with E-state index in [1.165, 1.54) is 13.1 Å². The van der Waals surface area contributed by atoms with Crippen LogP contribution in [0, 0.1) is 0 Å². The molecule has 4 rings (SSSR count). The summed E-state index contributed by atoms with van der Waals surface area (Å²) < 4.78 is 21.6. The third-order valence-electron chi connectivity index (χ3n) is 5.18. The molecule has 3 aromatic rings. The fourth-order valence-electron chi connectivity index (χ4n) is 3.49. The summed E-state index contributed by atoms with van der Waals surface area (Å²) >= 11 is 0. The Balaban J connectivity index is 0.000000341. The SMILES string of the molecule is CN1CCNCC1.COc1cc2ccc3cc(OC)c(OC)cc3c2cc1OC.Cl. The number of rotatable bonds is 4. The topological polar surface area (TPSA) is 52.2 Å². The van der Waals surface area contributed by atoms with E-state index in [-0.39, 0.29) is 12.4 Å². The molecular weight excluding hydrogens is 404 g/mol. The Morgan fingerprint density at radius 2 is 1.03 bits per heavy atom. The van der Waals surface area contributed by atoms with Crippen molar-refractivity contribution in [2.24, 2.45) is 0 Å².